The zero-order valence-electron chi connectivity index (χ0n) is 16.2. The van der Waals surface area contributed by atoms with Gasteiger partial charge in [-0.2, -0.15) is 4.98 Å². The molecule has 0 N–H and O–H groups in total. The van der Waals surface area contributed by atoms with E-state index in [1.165, 1.54) is 0 Å². The van der Waals surface area contributed by atoms with Crippen LogP contribution in [0.2, 0.25) is 0 Å². The molecule has 2 aromatic rings. The molecule has 28 heavy (non-hydrogen) atoms. The fraction of sp³-hybridized carbons (Fsp3) is 0.550. The molecule has 1 atom stereocenters. The number of hydrogen-bond donors (Lipinski definition) is 0. The van der Waals surface area contributed by atoms with Gasteiger partial charge < -0.3 is 18.9 Å². The maximum absolute atomic E-state index is 12.8. The van der Waals surface area contributed by atoms with E-state index in [1.807, 2.05) is 29.2 Å². The van der Waals surface area contributed by atoms with Gasteiger partial charge in [0.1, 0.15) is 5.75 Å². The summed E-state index contributed by atoms with van der Waals surface area (Å²) in [6.45, 7) is 4.89. The molecule has 1 aromatic heterocycles. The monoisotopic (exact) mass is 386 g/mol. The summed E-state index contributed by atoms with van der Waals surface area (Å²) in [6, 6.07) is 7.59. The van der Waals surface area contributed by atoms with Crippen molar-refractivity contribution in [3.05, 3.63) is 30.2 Å². The normalized spacial score (nSPS) is 20.9. The number of methoxy groups -OCH3 is 1. The molecule has 3 heterocycles. The Bertz CT molecular complexity index is 803. The Hall–Kier alpha value is -2.45. The highest BCUT2D eigenvalue weighted by atomic mass is 16.5. The molecule has 1 unspecified atom stereocenters. The van der Waals surface area contributed by atoms with Gasteiger partial charge in [0.25, 0.3) is 0 Å². The molecule has 4 rings (SSSR count). The van der Waals surface area contributed by atoms with E-state index >= 15 is 0 Å². The number of ether oxygens (including phenoxy) is 2. The van der Waals surface area contributed by atoms with E-state index in [9.17, 15) is 4.79 Å². The van der Waals surface area contributed by atoms with Crippen molar-refractivity contribution in [1.29, 1.82) is 0 Å². The molecule has 0 radical (unpaired) electrons. The Morgan fingerprint density at radius 3 is 2.96 bits per heavy atom. The van der Waals surface area contributed by atoms with E-state index in [1.54, 1.807) is 7.11 Å². The standard InChI is InChI=1S/C20H26N4O4/c1-26-17-6-2-4-15(12-17)19-21-18(28-22-19)14-23-7-3-5-16(13-23)20(25)24-8-10-27-11-9-24/h2,4,6,12,16H,3,5,7-11,13-14H2,1H3. The van der Waals surface area contributed by atoms with Crippen LogP contribution in [0.5, 0.6) is 5.75 Å². The Labute approximate surface area is 164 Å². The van der Waals surface area contributed by atoms with Gasteiger partial charge in [-0.3, -0.25) is 9.69 Å². The predicted molar refractivity (Wildman–Crippen MR) is 102 cm³/mol. The number of amides is 1. The average molecular weight is 386 g/mol. The lowest BCUT2D eigenvalue weighted by Gasteiger charge is -2.35. The average Bonchev–Trinajstić information content (AvgIpc) is 3.22. The van der Waals surface area contributed by atoms with Crippen LogP contribution in [0.4, 0.5) is 0 Å². The lowest BCUT2D eigenvalue weighted by molar-refractivity contribution is -0.141. The third kappa shape index (κ3) is 4.34. The minimum Gasteiger partial charge on any atom is -0.497 e. The second kappa shape index (κ2) is 8.70. The zero-order chi connectivity index (χ0) is 19.3. The smallest absolute Gasteiger partial charge is 0.241 e. The highest BCUT2D eigenvalue weighted by molar-refractivity contribution is 5.79. The van der Waals surface area contributed by atoms with E-state index in [2.05, 4.69) is 15.0 Å². The number of hydrogen-bond acceptors (Lipinski definition) is 7. The second-order valence-corrected chi connectivity index (χ2v) is 7.26. The van der Waals surface area contributed by atoms with Crippen molar-refractivity contribution in [3.63, 3.8) is 0 Å². The van der Waals surface area contributed by atoms with Gasteiger partial charge in [-0.25, -0.2) is 0 Å². The number of nitrogens with zero attached hydrogens (tertiary/aromatic N) is 4. The summed E-state index contributed by atoms with van der Waals surface area (Å²) >= 11 is 0. The minimum absolute atomic E-state index is 0.0348. The summed E-state index contributed by atoms with van der Waals surface area (Å²) < 4.78 is 16.1. The number of benzene rings is 1. The van der Waals surface area contributed by atoms with Crippen molar-refractivity contribution in [2.24, 2.45) is 5.92 Å². The van der Waals surface area contributed by atoms with Gasteiger partial charge in [0.05, 0.1) is 32.8 Å². The molecule has 2 fully saturated rings. The quantitative estimate of drug-likeness (QED) is 0.775. The molecule has 2 aliphatic rings. The molecule has 0 saturated carbocycles. The Balaban J connectivity index is 1.37. The lowest BCUT2D eigenvalue weighted by atomic mass is 9.96. The molecule has 0 spiro atoms. The van der Waals surface area contributed by atoms with Crippen molar-refractivity contribution in [3.8, 4) is 17.1 Å². The van der Waals surface area contributed by atoms with E-state index < -0.39 is 0 Å². The Morgan fingerprint density at radius 2 is 2.14 bits per heavy atom. The fourth-order valence-electron chi connectivity index (χ4n) is 3.83. The van der Waals surface area contributed by atoms with Gasteiger partial charge in [-0.15, -0.1) is 0 Å². The first-order chi connectivity index (χ1) is 13.7. The van der Waals surface area contributed by atoms with E-state index in [-0.39, 0.29) is 11.8 Å². The van der Waals surface area contributed by atoms with Crippen LogP contribution in [0.1, 0.15) is 18.7 Å². The first-order valence-corrected chi connectivity index (χ1v) is 9.79. The van der Waals surface area contributed by atoms with Gasteiger partial charge in [0.2, 0.25) is 17.6 Å². The van der Waals surface area contributed by atoms with Crippen LogP contribution in [0.15, 0.2) is 28.8 Å². The Morgan fingerprint density at radius 1 is 1.29 bits per heavy atom. The van der Waals surface area contributed by atoms with Gasteiger partial charge in [0.15, 0.2) is 0 Å². The summed E-state index contributed by atoms with van der Waals surface area (Å²) in [5, 5.41) is 4.10. The first kappa shape index (κ1) is 18.9. The van der Waals surface area contributed by atoms with E-state index in [4.69, 9.17) is 14.0 Å². The van der Waals surface area contributed by atoms with Crippen LogP contribution in [0.25, 0.3) is 11.4 Å². The van der Waals surface area contributed by atoms with Gasteiger partial charge in [0, 0.05) is 25.2 Å². The zero-order valence-corrected chi connectivity index (χ0v) is 16.2. The van der Waals surface area contributed by atoms with Gasteiger partial charge in [-0.05, 0) is 31.5 Å². The van der Waals surface area contributed by atoms with Crippen LogP contribution in [-0.4, -0.2) is 72.4 Å². The van der Waals surface area contributed by atoms with Crippen LogP contribution in [0, 0.1) is 5.92 Å². The molecule has 150 valence electrons. The van der Waals surface area contributed by atoms with Crippen LogP contribution < -0.4 is 4.74 Å². The molecule has 0 bridgehead atoms. The summed E-state index contributed by atoms with van der Waals surface area (Å²) in [6.07, 6.45) is 1.93. The molecule has 1 amide bonds. The number of rotatable bonds is 5. The highest BCUT2D eigenvalue weighted by Crippen LogP contribution is 2.23. The summed E-state index contributed by atoms with van der Waals surface area (Å²) in [5.74, 6) is 2.15. The maximum atomic E-state index is 12.8. The van der Waals surface area contributed by atoms with Crippen LogP contribution >= 0.6 is 0 Å². The van der Waals surface area contributed by atoms with Gasteiger partial charge in [-0.1, -0.05) is 17.3 Å². The first-order valence-electron chi connectivity index (χ1n) is 9.79. The molecule has 2 aliphatic heterocycles. The number of aromatic nitrogens is 2. The highest BCUT2D eigenvalue weighted by Gasteiger charge is 2.30. The number of carbonyl (C=O) groups is 1. The SMILES string of the molecule is COc1cccc(-c2noc(CN3CCCC(C(=O)N4CCOCC4)C3)n2)c1. The Kier molecular flexibility index (Phi) is 5.87. The molecule has 1 aromatic carbocycles. The maximum Gasteiger partial charge on any atom is 0.241 e. The topological polar surface area (TPSA) is 80.9 Å². The van der Waals surface area contributed by atoms with Crippen LogP contribution in [-0.2, 0) is 16.1 Å². The van der Waals surface area contributed by atoms with Crippen molar-refractivity contribution >= 4 is 5.91 Å². The lowest BCUT2D eigenvalue weighted by Crippen LogP contribution is -2.48. The third-order valence-electron chi connectivity index (χ3n) is 5.33. The molecule has 0 aliphatic carbocycles. The molecule has 8 heteroatoms. The minimum atomic E-state index is 0.0348. The third-order valence-corrected chi connectivity index (χ3v) is 5.33. The summed E-state index contributed by atoms with van der Waals surface area (Å²) in [4.78, 5) is 21.5. The summed E-state index contributed by atoms with van der Waals surface area (Å²) in [5.41, 5.74) is 0.855. The molecule has 8 nitrogen and oxygen atoms in total. The number of morpholine rings is 1. The van der Waals surface area contributed by atoms with Crippen molar-refractivity contribution < 1.29 is 18.8 Å². The molecular formula is C20H26N4O4. The fourth-order valence-corrected chi connectivity index (χ4v) is 3.83. The molecular weight excluding hydrogens is 360 g/mol. The van der Waals surface area contributed by atoms with Crippen molar-refractivity contribution in [1.82, 2.24) is 19.9 Å². The summed E-state index contributed by atoms with van der Waals surface area (Å²) in [7, 11) is 1.63. The van der Waals surface area contributed by atoms with E-state index in [0.717, 1.165) is 37.2 Å². The number of piperidine rings is 1. The van der Waals surface area contributed by atoms with Crippen LogP contribution in [0.3, 0.4) is 0 Å². The number of likely N-dealkylation sites (tertiary alicyclic amines) is 1. The molecule has 2 saturated heterocycles. The van der Waals surface area contributed by atoms with E-state index in [0.29, 0.717) is 44.6 Å². The van der Waals surface area contributed by atoms with Crippen molar-refractivity contribution in [2.75, 3.05) is 46.5 Å². The second-order valence-electron chi connectivity index (χ2n) is 7.26. The van der Waals surface area contributed by atoms with Gasteiger partial charge >= 0.3 is 0 Å². The predicted octanol–water partition coefficient (Wildman–Crippen LogP) is 1.82. The number of carbonyl (C=O) groups excluding carboxylic acids is 1. The van der Waals surface area contributed by atoms with Crippen molar-refractivity contribution in [2.45, 2.75) is 19.4 Å². The largest absolute Gasteiger partial charge is 0.497 e.